The van der Waals surface area contributed by atoms with Gasteiger partial charge in [0, 0.05) is 26.7 Å². The van der Waals surface area contributed by atoms with Crippen molar-refractivity contribution in [2.24, 2.45) is 0 Å². The maximum atomic E-state index is 13.0. The van der Waals surface area contributed by atoms with Crippen LogP contribution in [-0.4, -0.2) is 0 Å². The van der Waals surface area contributed by atoms with Crippen molar-refractivity contribution in [3.05, 3.63) is 92.6 Å². The highest BCUT2D eigenvalue weighted by atomic mass is 79.9. The Balaban J connectivity index is 1.69. The standard InChI is InChI=1S/C20H16Br2FNO/c21-16-3-1-14(2-4-16)13-25-20-10-5-17(22)11-15(20)12-24-19-8-6-18(23)7-9-19/h1-11,24H,12-13H2. The van der Waals surface area contributed by atoms with Gasteiger partial charge in [0.15, 0.2) is 0 Å². The van der Waals surface area contributed by atoms with Gasteiger partial charge in [-0.3, -0.25) is 0 Å². The third kappa shape index (κ3) is 5.31. The van der Waals surface area contributed by atoms with E-state index in [0.717, 1.165) is 31.5 Å². The summed E-state index contributed by atoms with van der Waals surface area (Å²) in [4.78, 5) is 0. The van der Waals surface area contributed by atoms with Gasteiger partial charge in [-0.1, -0.05) is 44.0 Å². The molecule has 0 radical (unpaired) electrons. The minimum absolute atomic E-state index is 0.244. The normalized spacial score (nSPS) is 10.5. The summed E-state index contributed by atoms with van der Waals surface area (Å²) in [5.41, 5.74) is 2.99. The second-order valence-electron chi connectivity index (χ2n) is 5.53. The Kier molecular flexibility index (Phi) is 6.10. The smallest absolute Gasteiger partial charge is 0.124 e. The van der Waals surface area contributed by atoms with Crippen molar-refractivity contribution in [3.8, 4) is 5.75 Å². The zero-order chi connectivity index (χ0) is 17.6. The SMILES string of the molecule is Fc1ccc(NCc2cc(Br)ccc2OCc2ccc(Br)cc2)cc1. The summed E-state index contributed by atoms with van der Waals surface area (Å²) >= 11 is 6.93. The first-order valence-electron chi connectivity index (χ1n) is 7.75. The highest BCUT2D eigenvalue weighted by Crippen LogP contribution is 2.25. The third-order valence-corrected chi connectivity index (χ3v) is 4.68. The fourth-order valence-corrected chi connectivity index (χ4v) is 3.01. The van der Waals surface area contributed by atoms with E-state index >= 15 is 0 Å². The average molecular weight is 465 g/mol. The van der Waals surface area contributed by atoms with Gasteiger partial charge >= 0.3 is 0 Å². The molecule has 0 saturated carbocycles. The fraction of sp³-hybridized carbons (Fsp3) is 0.100. The lowest BCUT2D eigenvalue weighted by molar-refractivity contribution is 0.303. The van der Waals surface area contributed by atoms with Crippen molar-refractivity contribution >= 4 is 37.5 Å². The number of nitrogens with one attached hydrogen (secondary N) is 1. The van der Waals surface area contributed by atoms with Crippen molar-refractivity contribution < 1.29 is 9.13 Å². The summed E-state index contributed by atoms with van der Waals surface area (Å²) in [6, 6.07) is 20.3. The van der Waals surface area contributed by atoms with E-state index in [1.807, 2.05) is 42.5 Å². The number of hydrogen-bond acceptors (Lipinski definition) is 2. The Bertz CT molecular complexity index is 835. The predicted molar refractivity (Wildman–Crippen MR) is 106 cm³/mol. The number of anilines is 1. The van der Waals surface area contributed by atoms with Gasteiger partial charge < -0.3 is 10.1 Å². The van der Waals surface area contributed by atoms with E-state index in [4.69, 9.17) is 4.74 Å². The van der Waals surface area contributed by atoms with Gasteiger partial charge in [-0.2, -0.15) is 0 Å². The first kappa shape index (κ1) is 18.0. The summed E-state index contributed by atoms with van der Waals surface area (Å²) in [6.45, 7) is 1.08. The largest absolute Gasteiger partial charge is 0.489 e. The summed E-state index contributed by atoms with van der Waals surface area (Å²) in [5, 5.41) is 3.29. The molecule has 0 bridgehead atoms. The molecule has 0 aliphatic heterocycles. The van der Waals surface area contributed by atoms with Crippen LogP contribution < -0.4 is 10.1 Å². The lowest BCUT2D eigenvalue weighted by Gasteiger charge is -2.14. The fourth-order valence-electron chi connectivity index (χ4n) is 2.33. The lowest BCUT2D eigenvalue weighted by Crippen LogP contribution is -2.04. The van der Waals surface area contributed by atoms with Gasteiger partial charge in [-0.05, 0) is 60.2 Å². The number of ether oxygens (including phenoxy) is 1. The Labute approximate surface area is 163 Å². The Morgan fingerprint density at radius 2 is 1.52 bits per heavy atom. The van der Waals surface area contributed by atoms with Crippen molar-refractivity contribution in [2.75, 3.05) is 5.32 Å². The van der Waals surface area contributed by atoms with Crippen LogP contribution in [0.3, 0.4) is 0 Å². The zero-order valence-corrected chi connectivity index (χ0v) is 16.5. The molecule has 0 aliphatic carbocycles. The summed E-state index contributed by atoms with van der Waals surface area (Å²) in [5.74, 6) is 0.576. The van der Waals surface area contributed by atoms with Crippen LogP contribution in [0.4, 0.5) is 10.1 Å². The molecule has 5 heteroatoms. The molecular weight excluding hydrogens is 449 g/mol. The van der Waals surface area contributed by atoms with E-state index in [-0.39, 0.29) is 5.82 Å². The Hall–Kier alpha value is -1.85. The minimum atomic E-state index is -0.244. The molecule has 1 N–H and O–H groups in total. The first-order chi connectivity index (χ1) is 12.1. The maximum Gasteiger partial charge on any atom is 0.124 e. The van der Waals surface area contributed by atoms with Gasteiger partial charge in [0.25, 0.3) is 0 Å². The quantitative estimate of drug-likeness (QED) is 0.447. The van der Waals surface area contributed by atoms with Gasteiger partial charge in [0.05, 0.1) is 0 Å². The van der Waals surface area contributed by atoms with E-state index in [0.29, 0.717) is 13.2 Å². The molecule has 0 aliphatic rings. The molecule has 0 saturated heterocycles. The third-order valence-electron chi connectivity index (χ3n) is 3.66. The molecule has 0 aromatic heterocycles. The van der Waals surface area contributed by atoms with Gasteiger partial charge in [0.1, 0.15) is 18.2 Å². The molecule has 0 amide bonds. The van der Waals surface area contributed by atoms with Gasteiger partial charge in [-0.15, -0.1) is 0 Å². The van der Waals surface area contributed by atoms with Crippen molar-refractivity contribution in [1.29, 1.82) is 0 Å². The average Bonchev–Trinajstić information content (AvgIpc) is 2.62. The van der Waals surface area contributed by atoms with Crippen LogP contribution >= 0.6 is 31.9 Å². The van der Waals surface area contributed by atoms with Crippen molar-refractivity contribution in [3.63, 3.8) is 0 Å². The zero-order valence-electron chi connectivity index (χ0n) is 13.3. The molecular formula is C20H16Br2FNO. The molecule has 3 rings (SSSR count). The maximum absolute atomic E-state index is 13.0. The summed E-state index contributed by atoms with van der Waals surface area (Å²) < 4.78 is 21.0. The van der Waals surface area contributed by atoms with E-state index in [9.17, 15) is 4.39 Å². The van der Waals surface area contributed by atoms with Crippen LogP contribution in [0.15, 0.2) is 75.7 Å². The molecule has 3 aromatic carbocycles. The second-order valence-corrected chi connectivity index (χ2v) is 7.36. The van der Waals surface area contributed by atoms with E-state index in [1.54, 1.807) is 12.1 Å². The van der Waals surface area contributed by atoms with Crippen LogP contribution in [0, 0.1) is 5.82 Å². The Morgan fingerprint density at radius 1 is 0.840 bits per heavy atom. The molecule has 0 atom stereocenters. The summed E-state index contributed by atoms with van der Waals surface area (Å²) in [6.07, 6.45) is 0. The second kappa shape index (κ2) is 8.50. The molecule has 0 spiro atoms. The molecule has 2 nitrogen and oxygen atoms in total. The number of benzene rings is 3. The van der Waals surface area contributed by atoms with Crippen LogP contribution in [0.2, 0.25) is 0 Å². The molecule has 128 valence electrons. The highest BCUT2D eigenvalue weighted by Gasteiger charge is 2.06. The minimum Gasteiger partial charge on any atom is -0.489 e. The van der Waals surface area contributed by atoms with Crippen molar-refractivity contribution in [2.45, 2.75) is 13.2 Å². The molecule has 0 unspecified atom stereocenters. The van der Waals surface area contributed by atoms with Crippen LogP contribution in [0.1, 0.15) is 11.1 Å². The molecule has 0 fully saturated rings. The van der Waals surface area contributed by atoms with E-state index < -0.39 is 0 Å². The van der Waals surface area contributed by atoms with Crippen molar-refractivity contribution in [1.82, 2.24) is 0 Å². The molecule has 0 heterocycles. The van der Waals surface area contributed by atoms with E-state index in [2.05, 4.69) is 37.2 Å². The lowest BCUT2D eigenvalue weighted by atomic mass is 10.2. The van der Waals surface area contributed by atoms with Gasteiger partial charge in [0.2, 0.25) is 0 Å². The topological polar surface area (TPSA) is 21.3 Å². The Morgan fingerprint density at radius 3 is 2.24 bits per heavy atom. The molecule has 3 aromatic rings. The van der Waals surface area contributed by atoms with Crippen LogP contribution in [-0.2, 0) is 13.2 Å². The van der Waals surface area contributed by atoms with Crippen LogP contribution in [0.5, 0.6) is 5.75 Å². The number of rotatable bonds is 6. The highest BCUT2D eigenvalue weighted by molar-refractivity contribution is 9.10. The monoisotopic (exact) mass is 463 g/mol. The number of halogens is 3. The summed E-state index contributed by atoms with van der Waals surface area (Å²) in [7, 11) is 0. The van der Waals surface area contributed by atoms with E-state index in [1.165, 1.54) is 12.1 Å². The molecule has 25 heavy (non-hydrogen) atoms. The number of hydrogen-bond donors (Lipinski definition) is 1. The van der Waals surface area contributed by atoms with Gasteiger partial charge in [-0.25, -0.2) is 4.39 Å². The van der Waals surface area contributed by atoms with Crippen LogP contribution in [0.25, 0.3) is 0 Å². The predicted octanol–water partition coefficient (Wildman–Crippen LogP) is 6.54. The first-order valence-corrected chi connectivity index (χ1v) is 9.34.